The third-order valence-electron chi connectivity index (χ3n) is 2.73. The summed E-state index contributed by atoms with van der Waals surface area (Å²) in [6.45, 7) is 4.05. The Labute approximate surface area is 95.8 Å². The molecule has 1 rings (SSSR count). The van der Waals surface area contributed by atoms with Gasteiger partial charge in [0.05, 0.1) is 6.04 Å². The van der Waals surface area contributed by atoms with Crippen molar-refractivity contribution < 1.29 is 4.79 Å². The smallest absolute Gasteiger partial charge is 0.237 e. The second-order valence-electron chi connectivity index (χ2n) is 3.67. The molecule has 1 aromatic rings. The molecule has 0 bridgehead atoms. The van der Waals surface area contributed by atoms with E-state index in [4.69, 9.17) is 11.6 Å². The van der Waals surface area contributed by atoms with Crippen LogP contribution >= 0.6 is 11.6 Å². The van der Waals surface area contributed by atoms with Crippen LogP contribution < -0.4 is 0 Å². The van der Waals surface area contributed by atoms with Crippen LogP contribution in [0.2, 0.25) is 0 Å². The molecule has 1 aromatic carbocycles. The Bertz CT molecular complexity index is 351. The molecule has 1 amide bonds. The Balaban J connectivity index is 2.89. The summed E-state index contributed by atoms with van der Waals surface area (Å²) >= 11 is 5.53. The van der Waals surface area contributed by atoms with E-state index in [1.54, 1.807) is 11.9 Å². The summed E-state index contributed by atoms with van der Waals surface area (Å²) in [5.41, 5.74) is 2.36. The fourth-order valence-electron chi connectivity index (χ4n) is 1.57. The number of hydrogen-bond acceptors (Lipinski definition) is 1. The van der Waals surface area contributed by atoms with Gasteiger partial charge in [-0.1, -0.05) is 24.3 Å². The second-order valence-corrected chi connectivity index (χ2v) is 3.94. The first-order chi connectivity index (χ1) is 7.07. The van der Waals surface area contributed by atoms with Crippen LogP contribution in [0.15, 0.2) is 24.3 Å². The SMILES string of the molecule is Cc1ccccc1[C@H](C)N(C)C(=O)CCl. The van der Waals surface area contributed by atoms with Gasteiger partial charge in [-0.15, -0.1) is 11.6 Å². The van der Waals surface area contributed by atoms with E-state index in [0.717, 1.165) is 0 Å². The van der Waals surface area contributed by atoms with Gasteiger partial charge in [0, 0.05) is 7.05 Å². The standard InChI is InChI=1S/C12H16ClNO/c1-9-6-4-5-7-11(9)10(2)14(3)12(15)8-13/h4-7,10H,8H2,1-3H3/t10-/m0/s1. The van der Waals surface area contributed by atoms with E-state index in [1.165, 1.54) is 11.1 Å². The molecule has 0 unspecified atom stereocenters. The molecular formula is C12H16ClNO. The lowest BCUT2D eigenvalue weighted by Gasteiger charge is -2.25. The van der Waals surface area contributed by atoms with Gasteiger partial charge >= 0.3 is 0 Å². The lowest BCUT2D eigenvalue weighted by Crippen LogP contribution is -2.30. The first kappa shape index (κ1) is 12.1. The molecule has 82 valence electrons. The summed E-state index contributed by atoms with van der Waals surface area (Å²) in [7, 11) is 1.78. The number of alkyl halides is 1. The van der Waals surface area contributed by atoms with E-state index in [9.17, 15) is 4.79 Å². The third kappa shape index (κ3) is 2.72. The van der Waals surface area contributed by atoms with E-state index in [0.29, 0.717) is 0 Å². The van der Waals surface area contributed by atoms with Gasteiger partial charge in [-0.05, 0) is 25.0 Å². The van der Waals surface area contributed by atoms with Gasteiger partial charge in [0.15, 0.2) is 0 Å². The van der Waals surface area contributed by atoms with Crippen molar-refractivity contribution in [2.75, 3.05) is 12.9 Å². The number of rotatable bonds is 3. The normalized spacial score (nSPS) is 12.3. The van der Waals surface area contributed by atoms with E-state index in [2.05, 4.69) is 0 Å². The maximum absolute atomic E-state index is 11.4. The van der Waals surface area contributed by atoms with E-state index in [-0.39, 0.29) is 17.8 Å². The molecule has 0 aromatic heterocycles. The zero-order valence-electron chi connectivity index (χ0n) is 9.33. The van der Waals surface area contributed by atoms with Crippen LogP contribution in [0, 0.1) is 6.92 Å². The number of carbonyl (C=O) groups excluding carboxylic acids is 1. The van der Waals surface area contributed by atoms with Crippen LogP contribution in [0.1, 0.15) is 24.1 Å². The average molecular weight is 226 g/mol. The number of aryl methyl sites for hydroxylation is 1. The molecular weight excluding hydrogens is 210 g/mol. The topological polar surface area (TPSA) is 20.3 Å². The first-order valence-corrected chi connectivity index (χ1v) is 5.48. The number of carbonyl (C=O) groups is 1. The van der Waals surface area contributed by atoms with Crippen molar-refractivity contribution in [3.63, 3.8) is 0 Å². The molecule has 0 aliphatic carbocycles. The Morgan fingerprint density at radius 1 is 1.47 bits per heavy atom. The van der Waals surface area contributed by atoms with Crippen molar-refractivity contribution in [2.24, 2.45) is 0 Å². The predicted octanol–water partition coefficient (Wildman–Crippen LogP) is 2.75. The van der Waals surface area contributed by atoms with Crippen molar-refractivity contribution in [1.29, 1.82) is 0 Å². The molecule has 0 aliphatic rings. The number of amides is 1. The molecule has 0 N–H and O–H groups in total. The number of benzene rings is 1. The number of halogens is 1. The predicted molar refractivity (Wildman–Crippen MR) is 63.1 cm³/mol. The van der Waals surface area contributed by atoms with Gasteiger partial charge in [0.1, 0.15) is 5.88 Å². The molecule has 0 saturated heterocycles. The van der Waals surface area contributed by atoms with Gasteiger partial charge in [-0.3, -0.25) is 4.79 Å². The van der Waals surface area contributed by atoms with Crippen LogP contribution in [0.4, 0.5) is 0 Å². The molecule has 0 radical (unpaired) electrons. The largest absolute Gasteiger partial charge is 0.338 e. The molecule has 0 saturated carbocycles. The summed E-state index contributed by atoms with van der Waals surface area (Å²) < 4.78 is 0. The highest BCUT2D eigenvalue weighted by molar-refractivity contribution is 6.27. The summed E-state index contributed by atoms with van der Waals surface area (Å²) in [6, 6.07) is 8.13. The van der Waals surface area contributed by atoms with Crippen LogP contribution in [0.5, 0.6) is 0 Å². The lowest BCUT2D eigenvalue weighted by molar-refractivity contribution is -0.129. The Morgan fingerprint density at radius 3 is 2.60 bits per heavy atom. The van der Waals surface area contributed by atoms with Crippen LogP contribution in [0.3, 0.4) is 0 Å². The van der Waals surface area contributed by atoms with Gasteiger partial charge in [0.2, 0.25) is 5.91 Å². The highest BCUT2D eigenvalue weighted by Crippen LogP contribution is 2.21. The molecule has 0 aliphatic heterocycles. The molecule has 0 fully saturated rings. The zero-order valence-corrected chi connectivity index (χ0v) is 10.1. The highest BCUT2D eigenvalue weighted by atomic mass is 35.5. The molecule has 0 heterocycles. The maximum atomic E-state index is 11.4. The molecule has 2 nitrogen and oxygen atoms in total. The fourth-order valence-corrected chi connectivity index (χ4v) is 1.76. The van der Waals surface area contributed by atoms with Crippen LogP contribution in [-0.2, 0) is 4.79 Å². The third-order valence-corrected chi connectivity index (χ3v) is 2.96. The zero-order chi connectivity index (χ0) is 11.4. The summed E-state index contributed by atoms with van der Waals surface area (Å²) in [6.07, 6.45) is 0. The molecule has 3 heteroatoms. The monoisotopic (exact) mass is 225 g/mol. The van der Waals surface area contributed by atoms with Gasteiger partial charge < -0.3 is 4.90 Å². The minimum atomic E-state index is -0.0487. The molecule has 15 heavy (non-hydrogen) atoms. The van der Waals surface area contributed by atoms with Crippen molar-refractivity contribution in [2.45, 2.75) is 19.9 Å². The maximum Gasteiger partial charge on any atom is 0.237 e. The Hall–Kier alpha value is -1.02. The molecule has 0 spiro atoms. The number of nitrogens with zero attached hydrogens (tertiary/aromatic N) is 1. The summed E-state index contributed by atoms with van der Waals surface area (Å²) in [5, 5.41) is 0. The lowest BCUT2D eigenvalue weighted by atomic mass is 10.0. The van der Waals surface area contributed by atoms with Crippen molar-refractivity contribution in [3.05, 3.63) is 35.4 Å². The van der Waals surface area contributed by atoms with Gasteiger partial charge in [0.25, 0.3) is 0 Å². The first-order valence-electron chi connectivity index (χ1n) is 4.95. The van der Waals surface area contributed by atoms with Crippen molar-refractivity contribution in [1.82, 2.24) is 4.90 Å². The van der Waals surface area contributed by atoms with Crippen LogP contribution in [-0.4, -0.2) is 23.7 Å². The molecule has 1 atom stereocenters. The van der Waals surface area contributed by atoms with Crippen molar-refractivity contribution >= 4 is 17.5 Å². The van der Waals surface area contributed by atoms with Crippen molar-refractivity contribution in [3.8, 4) is 0 Å². The second kappa shape index (κ2) is 5.17. The van der Waals surface area contributed by atoms with Crippen LogP contribution in [0.25, 0.3) is 0 Å². The average Bonchev–Trinajstić information content (AvgIpc) is 2.26. The minimum Gasteiger partial charge on any atom is -0.338 e. The summed E-state index contributed by atoms with van der Waals surface area (Å²) in [4.78, 5) is 13.1. The van der Waals surface area contributed by atoms with E-state index < -0.39 is 0 Å². The van der Waals surface area contributed by atoms with Gasteiger partial charge in [-0.2, -0.15) is 0 Å². The minimum absolute atomic E-state index is 0.0344. The van der Waals surface area contributed by atoms with E-state index in [1.807, 2.05) is 38.1 Å². The quantitative estimate of drug-likeness (QED) is 0.725. The van der Waals surface area contributed by atoms with E-state index >= 15 is 0 Å². The fraction of sp³-hybridized carbons (Fsp3) is 0.417. The highest BCUT2D eigenvalue weighted by Gasteiger charge is 2.17. The Morgan fingerprint density at radius 2 is 2.07 bits per heavy atom. The van der Waals surface area contributed by atoms with Gasteiger partial charge in [-0.25, -0.2) is 0 Å². The summed E-state index contributed by atoms with van der Waals surface area (Å²) in [5.74, 6) is -0.0142. The number of hydrogen-bond donors (Lipinski definition) is 0. The Kier molecular flexibility index (Phi) is 4.15.